The lowest BCUT2D eigenvalue weighted by atomic mass is 9.84. The number of nitrogens with one attached hydrogen (secondary N) is 1. The second-order valence-corrected chi connectivity index (χ2v) is 10.7. The highest BCUT2D eigenvalue weighted by Crippen LogP contribution is 2.35. The van der Waals surface area contributed by atoms with E-state index < -0.39 is 41.7 Å². The van der Waals surface area contributed by atoms with E-state index in [1.54, 1.807) is 15.5 Å². The van der Waals surface area contributed by atoms with Crippen LogP contribution >= 0.6 is 0 Å². The Hall–Kier alpha value is -4.41. The molecule has 1 amide bonds. The van der Waals surface area contributed by atoms with Gasteiger partial charge >= 0.3 is 0 Å². The predicted octanol–water partition coefficient (Wildman–Crippen LogP) is 2.43. The normalized spacial score (nSPS) is 18.5. The van der Waals surface area contributed by atoms with Gasteiger partial charge in [-0.2, -0.15) is 0 Å². The zero-order valence-electron chi connectivity index (χ0n) is 23.8. The predicted molar refractivity (Wildman–Crippen MR) is 153 cm³/mol. The topological polar surface area (TPSA) is 170 Å². The first-order valence-electron chi connectivity index (χ1n) is 13.7. The highest BCUT2D eigenvalue weighted by atomic mass is 19.3. The number of benzene rings is 1. The summed E-state index contributed by atoms with van der Waals surface area (Å²) in [7, 11) is 1.22. The van der Waals surface area contributed by atoms with Gasteiger partial charge in [0.25, 0.3) is 6.43 Å². The summed E-state index contributed by atoms with van der Waals surface area (Å²) in [6.07, 6.45) is -0.393. The van der Waals surface area contributed by atoms with Gasteiger partial charge in [-0.25, -0.2) is 32.5 Å². The number of hydrogen-bond donors (Lipinski definition) is 4. The van der Waals surface area contributed by atoms with Gasteiger partial charge in [0, 0.05) is 24.7 Å². The molecule has 5 rings (SSSR count). The molecule has 1 fully saturated rings. The summed E-state index contributed by atoms with van der Waals surface area (Å²) in [6.45, 7) is 1.88. The van der Waals surface area contributed by atoms with Gasteiger partial charge in [-0.15, -0.1) is 0 Å². The summed E-state index contributed by atoms with van der Waals surface area (Å²) in [6, 6.07) is 2.63. The molecular formula is C28H31F4N9O3. The molecule has 234 valence electrons. The fourth-order valence-electron chi connectivity index (χ4n) is 5.24. The summed E-state index contributed by atoms with van der Waals surface area (Å²) >= 11 is 0. The zero-order valence-corrected chi connectivity index (χ0v) is 23.8. The number of aliphatic hydroxyl groups excluding tert-OH is 1. The molecule has 0 radical (unpaired) electrons. The Kier molecular flexibility index (Phi) is 8.67. The lowest BCUT2D eigenvalue weighted by Crippen LogP contribution is -2.63. The summed E-state index contributed by atoms with van der Waals surface area (Å²) in [5, 5.41) is 12.8. The molecule has 0 spiro atoms. The highest BCUT2D eigenvalue weighted by Gasteiger charge is 2.43. The van der Waals surface area contributed by atoms with E-state index in [1.165, 1.54) is 32.9 Å². The van der Waals surface area contributed by atoms with Crippen molar-refractivity contribution in [1.82, 2.24) is 24.5 Å². The van der Waals surface area contributed by atoms with Crippen molar-refractivity contribution < 1.29 is 32.2 Å². The minimum Gasteiger partial charge on any atom is -0.494 e. The van der Waals surface area contributed by atoms with Crippen LogP contribution in [-0.4, -0.2) is 79.8 Å². The molecule has 44 heavy (non-hydrogen) atoms. The zero-order chi connectivity index (χ0) is 31.8. The van der Waals surface area contributed by atoms with E-state index in [4.69, 9.17) is 16.2 Å². The van der Waals surface area contributed by atoms with Crippen LogP contribution in [0.3, 0.4) is 0 Å². The summed E-state index contributed by atoms with van der Waals surface area (Å²) < 4.78 is 63.1. The second-order valence-electron chi connectivity index (χ2n) is 10.7. The molecule has 0 aliphatic carbocycles. The van der Waals surface area contributed by atoms with Crippen molar-refractivity contribution in [2.75, 3.05) is 30.4 Å². The molecule has 3 aromatic heterocycles. The van der Waals surface area contributed by atoms with Crippen LogP contribution in [0.2, 0.25) is 0 Å². The van der Waals surface area contributed by atoms with E-state index in [9.17, 15) is 23.1 Å². The van der Waals surface area contributed by atoms with E-state index in [-0.39, 0.29) is 47.9 Å². The summed E-state index contributed by atoms with van der Waals surface area (Å²) in [5.41, 5.74) is 11.9. The number of anilines is 2. The molecule has 0 bridgehead atoms. The van der Waals surface area contributed by atoms with E-state index >= 15 is 4.39 Å². The molecule has 6 N–H and O–H groups in total. The first-order chi connectivity index (χ1) is 20.9. The third-order valence-electron chi connectivity index (χ3n) is 7.60. The Morgan fingerprint density at radius 3 is 2.66 bits per heavy atom. The van der Waals surface area contributed by atoms with Gasteiger partial charge in [0.15, 0.2) is 28.5 Å². The van der Waals surface area contributed by atoms with Crippen molar-refractivity contribution >= 4 is 28.6 Å². The van der Waals surface area contributed by atoms with Crippen LogP contribution in [0.15, 0.2) is 37.1 Å². The molecule has 12 nitrogen and oxygen atoms in total. The van der Waals surface area contributed by atoms with E-state index in [0.717, 1.165) is 12.1 Å². The number of aliphatic hydroxyl groups is 1. The number of imidazole rings is 1. The number of pyridine rings is 1. The van der Waals surface area contributed by atoms with Gasteiger partial charge in [0.2, 0.25) is 5.91 Å². The number of rotatable bonds is 9. The number of aromatic nitrogens is 5. The van der Waals surface area contributed by atoms with Crippen LogP contribution in [-0.2, 0) is 11.3 Å². The van der Waals surface area contributed by atoms with Crippen molar-refractivity contribution in [3.63, 3.8) is 0 Å². The van der Waals surface area contributed by atoms with Crippen molar-refractivity contribution in [2.45, 2.75) is 50.4 Å². The number of ether oxygens (including phenoxy) is 1. The molecule has 4 heterocycles. The van der Waals surface area contributed by atoms with Gasteiger partial charge in [-0.3, -0.25) is 9.78 Å². The van der Waals surface area contributed by atoms with Crippen molar-refractivity contribution in [2.24, 2.45) is 11.5 Å². The number of carbonyl (C=O) groups is 1. The van der Waals surface area contributed by atoms with Crippen LogP contribution in [0.5, 0.6) is 5.75 Å². The molecule has 4 aromatic rings. The third-order valence-corrected chi connectivity index (χ3v) is 7.60. The molecule has 1 aromatic carbocycles. The van der Waals surface area contributed by atoms with E-state index in [2.05, 4.69) is 25.3 Å². The number of carbonyl (C=O) groups excluding carboxylic acids is 1. The number of fused-ring (bicyclic) bond motifs is 1. The second kappa shape index (κ2) is 12.3. The minimum atomic E-state index is -3.04. The molecule has 1 aliphatic heterocycles. The first kappa shape index (κ1) is 31.0. The van der Waals surface area contributed by atoms with Crippen LogP contribution < -0.4 is 26.4 Å². The maximum Gasteiger partial charge on any atom is 0.265 e. The summed E-state index contributed by atoms with van der Waals surface area (Å²) in [5.74, 6) is -2.17. The lowest BCUT2D eigenvalue weighted by molar-refractivity contribution is -0.117. The Labute approximate surface area is 249 Å². The number of hydrogen-bond acceptors (Lipinski definition) is 10. The Bertz CT molecular complexity index is 1690. The number of piperidine rings is 1. The molecule has 1 unspecified atom stereocenters. The average Bonchev–Trinajstić information content (AvgIpc) is 3.41. The Morgan fingerprint density at radius 1 is 1.18 bits per heavy atom. The van der Waals surface area contributed by atoms with Crippen molar-refractivity contribution in [3.8, 4) is 17.0 Å². The van der Waals surface area contributed by atoms with Gasteiger partial charge in [-0.1, -0.05) is 0 Å². The largest absolute Gasteiger partial charge is 0.494 e. The van der Waals surface area contributed by atoms with Crippen LogP contribution in [0, 0.1) is 11.6 Å². The number of methoxy groups -OCH3 is 1. The molecule has 3 atom stereocenters. The average molecular weight is 618 g/mol. The fraction of sp³-hybridized carbons (Fsp3) is 0.393. The quantitative estimate of drug-likeness (QED) is 0.205. The molecule has 16 heteroatoms. The van der Waals surface area contributed by atoms with E-state index in [1.807, 2.05) is 0 Å². The van der Waals surface area contributed by atoms with Gasteiger partial charge in [-0.05, 0) is 37.5 Å². The minimum absolute atomic E-state index is 0.0603. The number of halogens is 4. The molecule has 1 saturated heterocycles. The maximum absolute atomic E-state index is 15.1. The van der Waals surface area contributed by atoms with Crippen LogP contribution in [0.4, 0.5) is 29.1 Å². The van der Waals surface area contributed by atoms with Gasteiger partial charge in [0.1, 0.15) is 18.2 Å². The molecule has 0 saturated carbocycles. The smallest absolute Gasteiger partial charge is 0.265 e. The van der Waals surface area contributed by atoms with E-state index in [0.29, 0.717) is 29.9 Å². The van der Waals surface area contributed by atoms with Crippen LogP contribution in [0.25, 0.3) is 22.4 Å². The third kappa shape index (κ3) is 6.00. The first-order valence-corrected chi connectivity index (χ1v) is 13.7. The monoisotopic (exact) mass is 617 g/mol. The van der Waals surface area contributed by atoms with Crippen molar-refractivity contribution in [3.05, 3.63) is 54.2 Å². The molecule has 1 aliphatic rings. The summed E-state index contributed by atoms with van der Waals surface area (Å²) in [4.78, 5) is 31.1. The van der Waals surface area contributed by atoms with Gasteiger partial charge in [0.05, 0.1) is 49.1 Å². The number of alkyl halides is 2. The highest BCUT2D eigenvalue weighted by molar-refractivity contribution is 5.99. The Balaban J connectivity index is 1.59. The maximum atomic E-state index is 15.1. The molecular weight excluding hydrogens is 586 g/mol. The van der Waals surface area contributed by atoms with Crippen molar-refractivity contribution in [1.29, 1.82) is 0 Å². The fourth-order valence-corrected chi connectivity index (χ4v) is 5.24. The number of amides is 1. The van der Waals surface area contributed by atoms with Crippen LogP contribution in [0.1, 0.15) is 25.3 Å². The SMILES string of the molecule is COc1cc(F)c(-c2cc(Cn3cnc4c(NC(=O)C(C)N)ncnc43)c(N3CCC[C@](N)([C@H](O)C(F)F)C3)cn2)cc1F. The Morgan fingerprint density at radius 2 is 1.95 bits per heavy atom. The number of nitrogens with two attached hydrogens (primary N) is 2. The lowest BCUT2D eigenvalue weighted by Gasteiger charge is -2.44. The standard InChI is InChI=1S/C28H31F4N9O3/c1-14(33)27(43)39-25-22-26(37-12-36-25)41(13-38-22)10-15-6-19(16-7-18(30)21(44-2)8-17(16)29)35-9-20(15)40-5-3-4-28(34,11-40)23(42)24(31)32/h6-9,12-14,23-24,42H,3-5,10-11,33-34H2,1-2H3,(H,36,37,39,43)/t14?,23-,28-/m1/s1. The van der Waals surface area contributed by atoms with Gasteiger partial charge < -0.3 is 36.1 Å². The number of nitrogens with zero attached hydrogens (tertiary/aromatic N) is 6.